The molecule has 0 atom stereocenters. The van der Waals surface area contributed by atoms with Gasteiger partial charge in [0.05, 0.1) is 17.6 Å². The van der Waals surface area contributed by atoms with Crippen LogP contribution in [0.25, 0.3) is 11.0 Å². The van der Waals surface area contributed by atoms with Gasteiger partial charge in [-0.3, -0.25) is 9.78 Å². The number of amides is 1. The molecule has 2 heterocycles. The number of hydrogen-bond acceptors (Lipinski definition) is 4. The number of ether oxygens (including phenoxy) is 1. The molecule has 6 nitrogen and oxygen atoms in total. The molecule has 2 aromatic heterocycles. The Kier molecular flexibility index (Phi) is 7.12. The Morgan fingerprint density at radius 1 is 1.03 bits per heavy atom. The van der Waals surface area contributed by atoms with Crippen LogP contribution in [0.1, 0.15) is 35.2 Å². The van der Waals surface area contributed by atoms with Crippen molar-refractivity contribution in [1.29, 1.82) is 0 Å². The smallest absolute Gasteiger partial charge is 0.269 e. The molecule has 1 N–H and O–H groups in total. The van der Waals surface area contributed by atoms with Crippen molar-refractivity contribution in [3.05, 3.63) is 90.0 Å². The Bertz CT molecular complexity index is 1150. The van der Waals surface area contributed by atoms with Gasteiger partial charge in [-0.1, -0.05) is 37.3 Å². The van der Waals surface area contributed by atoms with Gasteiger partial charge in [-0.2, -0.15) is 0 Å². The zero-order valence-corrected chi connectivity index (χ0v) is 18.3. The maximum absolute atomic E-state index is 12.2. The number of nitrogens with one attached hydrogen (secondary N) is 1. The van der Waals surface area contributed by atoms with Crippen LogP contribution in [-0.4, -0.2) is 33.6 Å². The molecule has 0 saturated heterocycles. The van der Waals surface area contributed by atoms with E-state index in [4.69, 9.17) is 9.72 Å². The van der Waals surface area contributed by atoms with E-state index in [0.29, 0.717) is 25.4 Å². The van der Waals surface area contributed by atoms with Crippen molar-refractivity contribution in [3.63, 3.8) is 0 Å². The lowest BCUT2D eigenvalue weighted by atomic mass is 10.2. The molecular weight excluding hydrogens is 400 g/mol. The first-order chi connectivity index (χ1) is 15.7. The normalized spacial score (nSPS) is 10.9. The first-order valence-electron chi connectivity index (χ1n) is 11.1. The van der Waals surface area contributed by atoms with E-state index in [9.17, 15) is 4.79 Å². The zero-order valence-electron chi connectivity index (χ0n) is 18.3. The fraction of sp³-hybridized carbons (Fsp3) is 0.269. The average molecular weight is 429 g/mol. The van der Waals surface area contributed by atoms with Crippen LogP contribution in [0.4, 0.5) is 0 Å². The molecule has 0 aliphatic heterocycles. The summed E-state index contributed by atoms with van der Waals surface area (Å²) in [5.41, 5.74) is 3.82. The van der Waals surface area contributed by atoms with Crippen LogP contribution < -0.4 is 10.1 Å². The van der Waals surface area contributed by atoms with Crippen molar-refractivity contribution in [2.75, 3.05) is 13.2 Å². The van der Waals surface area contributed by atoms with Crippen molar-refractivity contribution in [2.45, 2.75) is 32.7 Å². The predicted octanol–water partition coefficient (Wildman–Crippen LogP) is 4.44. The van der Waals surface area contributed by atoms with Gasteiger partial charge >= 0.3 is 0 Å². The van der Waals surface area contributed by atoms with Gasteiger partial charge in [-0.05, 0) is 54.8 Å². The molecule has 0 unspecified atom stereocenters. The summed E-state index contributed by atoms with van der Waals surface area (Å²) in [7, 11) is 0. The van der Waals surface area contributed by atoms with Crippen LogP contribution >= 0.6 is 0 Å². The van der Waals surface area contributed by atoms with E-state index in [1.54, 1.807) is 18.3 Å². The highest BCUT2D eigenvalue weighted by Gasteiger charge is 2.11. The van der Waals surface area contributed by atoms with Crippen LogP contribution in [-0.2, 0) is 19.4 Å². The van der Waals surface area contributed by atoms with Crippen molar-refractivity contribution < 1.29 is 9.53 Å². The number of nitrogens with zero attached hydrogens (tertiary/aromatic N) is 3. The lowest BCUT2D eigenvalue weighted by Gasteiger charge is -2.11. The summed E-state index contributed by atoms with van der Waals surface area (Å²) in [6.07, 6.45) is 4.20. The number of aryl methyl sites for hydroxylation is 2. The summed E-state index contributed by atoms with van der Waals surface area (Å²) in [4.78, 5) is 21.1. The number of aromatic nitrogens is 3. The maximum Gasteiger partial charge on any atom is 0.269 e. The first-order valence-corrected chi connectivity index (χ1v) is 11.1. The minimum absolute atomic E-state index is 0.151. The molecule has 0 spiro atoms. The predicted molar refractivity (Wildman–Crippen MR) is 126 cm³/mol. The molecular formula is C26H28N4O2. The molecule has 0 aliphatic rings. The molecule has 164 valence electrons. The number of carbonyl (C=O) groups is 1. The van der Waals surface area contributed by atoms with E-state index in [0.717, 1.165) is 41.9 Å². The van der Waals surface area contributed by atoms with Crippen molar-refractivity contribution in [1.82, 2.24) is 19.9 Å². The lowest BCUT2D eigenvalue weighted by Crippen LogP contribution is -2.25. The highest BCUT2D eigenvalue weighted by Crippen LogP contribution is 2.18. The van der Waals surface area contributed by atoms with E-state index in [-0.39, 0.29) is 5.91 Å². The third-order valence-corrected chi connectivity index (χ3v) is 5.41. The number of pyridine rings is 1. The first kappa shape index (κ1) is 21.6. The number of carbonyl (C=O) groups excluding carboxylic acids is 1. The van der Waals surface area contributed by atoms with Gasteiger partial charge in [0.2, 0.25) is 0 Å². The molecule has 4 rings (SSSR count). The van der Waals surface area contributed by atoms with Gasteiger partial charge in [0, 0.05) is 19.2 Å². The van der Waals surface area contributed by atoms with Crippen LogP contribution in [0.15, 0.2) is 72.9 Å². The Balaban J connectivity index is 1.35. The minimum Gasteiger partial charge on any atom is -0.492 e. The Morgan fingerprint density at radius 2 is 1.84 bits per heavy atom. The molecule has 0 radical (unpaired) electrons. The summed E-state index contributed by atoms with van der Waals surface area (Å²) in [6, 6.07) is 21.7. The molecule has 0 fully saturated rings. The van der Waals surface area contributed by atoms with Gasteiger partial charge in [-0.15, -0.1) is 0 Å². The van der Waals surface area contributed by atoms with Crippen LogP contribution in [0.2, 0.25) is 0 Å². The van der Waals surface area contributed by atoms with Gasteiger partial charge in [0.1, 0.15) is 23.9 Å². The van der Waals surface area contributed by atoms with E-state index >= 15 is 0 Å². The van der Waals surface area contributed by atoms with Crippen LogP contribution in [0.5, 0.6) is 5.75 Å². The SMILES string of the molecule is CCc1ccc(OCCn2c(CCCNC(=O)c3ccccn3)nc3ccccc32)cc1. The van der Waals surface area contributed by atoms with Gasteiger partial charge in [-0.25, -0.2) is 4.98 Å². The molecule has 1 amide bonds. The fourth-order valence-electron chi connectivity index (χ4n) is 3.68. The maximum atomic E-state index is 12.2. The fourth-order valence-corrected chi connectivity index (χ4v) is 3.68. The monoisotopic (exact) mass is 428 g/mol. The molecule has 6 heteroatoms. The van der Waals surface area contributed by atoms with Crippen LogP contribution in [0.3, 0.4) is 0 Å². The molecule has 4 aromatic rings. The second-order valence-corrected chi connectivity index (χ2v) is 7.59. The number of rotatable bonds is 10. The minimum atomic E-state index is -0.151. The summed E-state index contributed by atoms with van der Waals surface area (Å²) in [6.45, 7) is 3.99. The summed E-state index contributed by atoms with van der Waals surface area (Å²) in [5, 5.41) is 2.93. The van der Waals surface area contributed by atoms with Gasteiger partial charge in [0.15, 0.2) is 0 Å². The Morgan fingerprint density at radius 3 is 2.62 bits per heavy atom. The zero-order chi connectivity index (χ0) is 22.2. The van der Waals surface area contributed by atoms with E-state index in [2.05, 4.69) is 40.0 Å². The molecule has 2 aromatic carbocycles. The number of imidazole rings is 1. The molecule has 0 bridgehead atoms. The highest BCUT2D eigenvalue weighted by atomic mass is 16.5. The van der Waals surface area contributed by atoms with Crippen molar-refractivity contribution >= 4 is 16.9 Å². The topological polar surface area (TPSA) is 69.0 Å². The molecule has 0 aliphatic carbocycles. The van der Waals surface area contributed by atoms with Gasteiger partial charge < -0.3 is 14.6 Å². The van der Waals surface area contributed by atoms with Gasteiger partial charge in [0.25, 0.3) is 5.91 Å². The highest BCUT2D eigenvalue weighted by molar-refractivity contribution is 5.92. The van der Waals surface area contributed by atoms with E-state index < -0.39 is 0 Å². The van der Waals surface area contributed by atoms with E-state index in [1.807, 2.05) is 36.4 Å². The lowest BCUT2D eigenvalue weighted by molar-refractivity contribution is 0.0948. The second kappa shape index (κ2) is 10.6. The van der Waals surface area contributed by atoms with E-state index in [1.165, 1.54) is 5.56 Å². The number of hydrogen-bond donors (Lipinski definition) is 1. The quantitative estimate of drug-likeness (QED) is 0.379. The average Bonchev–Trinajstić information content (AvgIpc) is 3.20. The third-order valence-electron chi connectivity index (χ3n) is 5.41. The summed E-state index contributed by atoms with van der Waals surface area (Å²) < 4.78 is 8.19. The standard InChI is InChI=1S/C26H28N4O2/c1-2-20-12-14-21(15-13-20)32-19-18-30-24-10-4-3-8-22(24)29-25(30)11-7-17-28-26(31)23-9-5-6-16-27-23/h3-6,8-10,12-16H,2,7,11,17-19H2,1H3,(H,28,31). The summed E-state index contributed by atoms with van der Waals surface area (Å²) >= 11 is 0. The Hall–Kier alpha value is -3.67. The largest absolute Gasteiger partial charge is 0.492 e. The number of benzene rings is 2. The van der Waals surface area contributed by atoms with Crippen LogP contribution in [0, 0.1) is 0 Å². The third kappa shape index (κ3) is 5.32. The second-order valence-electron chi connectivity index (χ2n) is 7.59. The molecule has 32 heavy (non-hydrogen) atoms. The van der Waals surface area contributed by atoms with Crippen molar-refractivity contribution in [3.8, 4) is 5.75 Å². The summed E-state index contributed by atoms with van der Waals surface area (Å²) in [5.74, 6) is 1.73. The number of fused-ring (bicyclic) bond motifs is 1. The number of para-hydroxylation sites is 2. The molecule has 0 saturated carbocycles. The Labute approximate surface area is 188 Å². The van der Waals surface area contributed by atoms with Crippen molar-refractivity contribution in [2.24, 2.45) is 0 Å².